The first-order chi connectivity index (χ1) is 13.8. The molecule has 0 saturated carbocycles. The van der Waals surface area contributed by atoms with Gasteiger partial charge in [-0.15, -0.1) is 35.3 Å². The van der Waals surface area contributed by atoms with E-state index in [0.29, 0.717) is 29.7 Å². The summed E-state index contributed by atoms with van der Waals surface area (Å²) in [6, 6.07) is -0.103. The van der Waals surface area contributed by atoms with Gasteiger partial charge in [0.2, 0.25) is 0 Å². The molecule has 2 rings (SSSR count). The summed E-state index contributed by atoms with van der Waals surface area (Å²) in [5.41, 5.74) is 2.69. The van der Waals surface area contributed by atoms with Gasteiger partial charge in [-0.3, -0.25) is 4.99 Å². The number of nitrogens with one attached hydrogen (secondary N) is 2. The van der Waals surface area contributed by atoms with Crippen molar-refractivity contribution in [1.82, 2.24) is 20.8 Å². The number of hydrogen-bond acceptors (Lipinski definition) is 7. The van der Waals surface area contributed by atoms with E-state index in [9.17, 15) is 4.79 Å². The molecule has 8 nitrogen and oxygen atoms in total. The highest BCUT2D eigenvalue weighted by Gasteiger charge is 2.21. The zero-order valence-corrected chi connectivity index (χ0v) is 21.8. The predicted molar refractivity (Wildman–Crippen MR) is 130 cm³/mol. The second-order valence-electron chi connectivity index (χ2n) is 6.91. The van der Waals surface area contributed by atoms with E-state index in [-0.39, 0.29) is 41.9 Å². The Bertz CT molecular complexity index is 845. The number of hydrogen-bond donors (Lipinski definition) is 2. The SMILES string of the molecule is CCNC(=NCC(C)c1c(C)noc1C)NC(C)c1nc(C)c(C(=O)OCC)s1.I. The Hall–Kier alpha value is -1.69. The van der Waals surface area contributed by atoms with Gasteiger partial charge in [0.25, 0.3) is 0 Å². The van der Waals surface area contributed by atoms with Crippen LogP contribution in [0.25, 0.3) is 0 Å². The van der Waals surface area contributed by atoms with Gasteiger partial charge in [0.05, 0.1) is 24.0 Å². The van der Waals surface area contributed by atoms with Crippen molar-refractivity contribution in [3.63, 3.8) is 0 Å². The summed E-state index contributed by atoms with van der Waals surface area (Å²) in [4.78, 5) is 21.9. The largest absolute Gasteiger partial charge is 0.462 e. The molecule has 0 aliphatic rings. The molecule has 0 amide bonds. The van der Waals surface area contributed by atoms with Crippen molar-refractivity contribution in [2.24, 2.45) is 4.99 Å². The topological polar surface area (TPSA) is 102 Å². The van der Waals surface area contributed by atoms with E-state index < -0.39 is 0 Å². The lowest BCUT2D eigenvalue weighted by Crippen LogP contribution is -2.39. The molecule has 0 aromatic carbocycles. The molecule has 2 heterocycles. The number of nitrogens with zero attached hydrogens (tertiary/aromatic N) is 3. The zero-order chi connectivity index (χ0) is 21.6. The van der Waals surface area contributed by atoms with Crippen LogP contribution >= 0.6 is 35.3 Å². The first kappa shape index (κ1) is 26.3. The summed E-state index contributed by atoms with van der Waals surface area (Å²) in [6.45, 7) is 15.3. The molecule has 30 heavy (non-hydrogen) atoms. The monoisotopic (exact) mass is 549 g/mol. The van der Waals surface area contributed by atoms with Crippen molar-refractivity contribution in [1.29, 1.82) is 0 Å². The predicted octanol–water partition coefficient (Wildman–Crippen LogP) is 4.27. The Morgan fingerprint density at radius 2 is 1.93 bits per heavy atom. The van der Waals surface area contributed by atoms with E-state index >= 15 is 0 Å². The van der Waals surface area contributed by atoms with Gasteiger partial charge < -0.3 is 19.9 Å². The van der Waals surface area contributed by atoms with E-state index in [4.69, 9.17) is 14.3 Å². The fraction of sp³-hybridized carbons (Fsp3) is 0.600. The fourth-order valence-electron chi connectivity index (χ4n) is 3.09. The third kappa shape index (κ3) is 6.66. The minimum absolute atomic E-state index is 0. The van der Waals surface area contributed by atoms with Crippen LogP contribution in [-0.2, 0) is 4.74 Å². The van der Waals surface area contributed by atoms with Crippen molar-refractivity contribution >= 4 is 47.2 Å². The highest BCUT2D eigenvalue weighted by atomic mass is 127. The average Bonchev–Trinajstić information content (AvgIpc) is 3.22. The van der Waals surface area contributed by atoms with Crippen LogP contribution in [0.3, 0.4) is 0 Å². The molecular weight excluding hydrogens is 517 g/mol. The molecule has 2 unspecified atom stereocenters. The van der Waals surface area contributed by atoms with Gasteiger partial charge >= 0.3 is 5.97 Å². The second-order valence-corrected chi connectivity index (χ2v) is 7.94. The average molecular weight is 549 g/mol. The van der Waals surface area contributed by atoms with Crippen molar-refractivity contribution < 1.29 is 14.1 Å². The van der Waals surface area contributed by atoms with Crippen LogP contribution < -0.4 is 10.6 Å². The van der Waals surface area contributed by atoms with Gasteiger partial charge in [-0.1, -0.05) is 12.1 Å². The van der Waals surface area contributed by atoms with Gasteiger partial charge in [-0.05, 0) is 41.5 Å². The summed E-state index contributed by atoms with van der Waals surface area (Å²) >= 11 is 1.35. The number of aryl methyl sites for hydroxylation is 3. The number of esters is 1. The lowest BCUT2D eigenvalue weighted by Gasteiger charge is -2.17. The van der Waals surface area contributed by atoms with E-state index in [0.717, 1.165) is 28.6 Å². The van der Waals surface area contributed by atoms with Crippen LogP contribution in [0.15, 0.2) is 9.52 Å². The fourth-order valence-corrected chi connectivity index (χ4v) is 4.05. The second kappa shape index (κ2) is 12.2. The van der Waals surface area contributed by atoms with Crippen molar-refractivity contribution in [2.75, 3.05) is 19.7 Å². The number of carbonyl (C=O) groups excluding carboxylic acids is 1. The number of thiazole rings is 1. The molecule has 2 N–H and O–H groups in total. The molecule has 168 valence electrons. The third-order valence-electron chi connectivity index (χ3n) is 4.45. The van der Waals surface area contributed by atoms with Crippen molar-refractivity contribution in [3.05, 3.63) is 32.6 Å². The molecule has 2 aromatic rings. The van der Waals surface area contributed by atoms with E-state index in [1.54, 1.807) is 6.92 Å². The third-order valence-corrected chi connectivity index (χ3v) is 5.77. The number of rotatable bonds is 8. The molecule has 0 fully saturated rings. The standard InChI is InChI=1S/C20H31N5O3S.HI/c1-8-21-20(22-10-11(3)16-12(4)25-28-15(16)7)24-14(6)18-23-13(5)17(29-18)19(26)27-9-2;/h11,14H,8-10H2,1-7H3,(H2,21,22,24);1H. The van der Waals surface area contributed by atoms with E-state index in [2.05, 4.69) is 27.7 Å². The van der Waals surface area contributed by atoms with Crippen molar-refractivity contribution in [3.8, 4) is 0 Å². The van der Waals surface area contributed by atoms with E-state index in [1.165, 1.54) is 11.3 Å². The van der Waals surface area contributed by atoms with Gasteiger partial charge in [0.15, 0.2) is 5.96 Å². The maximum Gasteiger partial charge on any atom is 0.350 e. The lowest BCUT2D eigenvalue weighted by molar-refractivity contribution is 0.0531. The van der Waals surface area contributed by atoms with Gasteiger partial charge in [-0.25, -0.2) is 9.78 Å². The smallest absolute Gasteiger partial charge is 0.350 e. The highest BCUT2D eigenvalue weighted by Crippen LogP contribution is 2.25. The molecule has 0 saturated heterocycles. The van der Waals surface area contributed by atoms with Gasteiger partial charge in [0.1, 0.15) is 15.6 Å². The lowest BCUT2D eigenvalue weighted by atomic mass is 10.00. The number of halogens is 1. The molecule has 2 atom stereocenters. The first-order valence-electron chi connectivity index (χ1n) is 9.90. The van der Waals surface area contributed by atoms with Crippen LogP contribution in [0.2, 0.25) is 0 Å². The highest BCUT2D eigenvalue weighted by molar-refractivity contribution is 14.0. The van der Waals surface area contributed by atoms with Crippen LogP contribution in [0, 0.1) is 20.8 Å². The Morgan fingerprint density at radius 1 is 1.23 bits per heavy atom. The Morgan fingerprint density at radius 3 is 2.50 bits per heavy atom. The van der Waals surface area contributed by atoms with E-state index in [1.807, 2.05) is 34.6 Å². The Labute approximate surface area is 199 Å². The van der Waals surface area contributed by atoms with Crippen LogP contribution in [0.5, 0.6) is 0 Å². The van der Waals surface area contributed by atoms with Crippen molar-refractivity contribution in [2.45, 2.75) is 60.4 Å². The number of aromatic nitrogens is 2. The Kier molecular flexibility index (Phi) is 10.7. The molecular formula is C20H32IN5O3S. The molecule has 0 spiro atoms. The molecule has 0 radical (unpaired) electrons. The summed E-state index contributed by atoms with van der Waals surface area (Å²) < 4.78 is 10.4. The maximum atomic E-state index is 12.1. The number of aliphatic imine (C=N–C) groups is 1. The van der Waals surface area contributed by atoms with Crippen LogP contribution in [0.1, 0.15) is 77.0 Å². The quantitative estimate of drug-likeness (QED) is 0.220. The minimum atomic E-state index is -0.324. The Balaban J connectivity index is 0.00000450. The maximum absolute atomic E-state index is 12.1. The number of guanidine groups is 1. The first-order valence-corrected chi connectivity index (χ1v) is 10.7. The summed E-state index contributed by atoms with van der Waals surface area (Å²) in [7, 11) is 0. The summed E-state index contributed by atoms with van der Waals surface area (Å²) in [6.07, 6.45) is 0. The molecule has 0 aliphatic heterocycles. The normalized spacial score (nSPS) is 13.4. The van der Waals surface area contributed by atoms with Crippen LogP contribution in [0.4, 0.5) is 0 Å². The number of carbonyl (C=O) groups is 1. The molecule has 0 aliphatic carbocycles. The minimum Gasteiger partial charge on any atom is -0.462 e. The van der Waals surface area contributed by atoms with Gasteiger partial charge in [-0.2, -0.15) is 0 Å². The summed E-state index contributed by atoms with van der Waals surface area (Å²) in [5, 5.41) is 11.5. The summed E-state index contributed by atoms with van der Waals surface area (Å²) in [5.74, 6) is 1.39. The molecule has 10 heteroatoms. The zero-order valence-electron chi connectivity index (χ0n) is 18.7. The molecule has 0 bridgehead atoms. The van der Waals surface area contributed by atoms with Crippen LogP contribution in [-0.4, -0.2) is 41.8 Å². The van der Waals surface area contributed by atoms with Gasteiger partial charge in [0, 0.05) is 24.6 Å². The molecule has 2 aromatic heterocycles. The number of ether oxygens (including phenoxy) is 1.